The van der Waals surface area contributed by atoms with Crippen molar-refractivity contribution in [1.82, 2.24) is 15.5 Å². The zero-order valence-corrected chi connectivity index (χ0v) is 17.2. The van der Waals surface area contributed by atoms with Crippen LogP contribution in [0.15, 0.2) is 15.6 Å². The second-order valence-corrected chi connectivity index (χ2v) is 8.94. The van der Waals surface area contributed by atoms with Crippen LogP contribution < -0.4 is 16.4 Å². The topological polar surface area (TPSA) is 140 Å². The minimum Gasteiger partial charge on any atom is -0.477 e. The van der Waals surface area contributed by atoms with Crippen molar-refractivity contribution in [1.29, 1.82) is 0 Å². The standard InChI is InChI=1S/C18H29N5O4S/c1-4-20-18(19)22-6-10-5-11(7-21-10)28-15-8(2)13-12(9(3)24)16(25)23(13)14(15)17(26)27/h8-13,21,24H,4-7H2,1-3H3,(H,26,27)(H3,19,20,22)/t8-,9-,10+,11+,12-,13-/m1/s1. The molecule has 10 heteroatoms. The highest BCUT2D eigenvalue weighted by Gasteiger charge is 2.60. The maximum absolute atomic E-state index is 12.4. The molecule has 3 aliphatic heterocycles. The first-order valence-corrected chi connectivity index (χ1v) is 10.6. The predicted molar refractivity (Wildman–Crippen MR) is 108 cm³/mol. The van der Waals surface area contributed by atoms with Crippen LogP contribution in [0, 0.1) is 11.8 Å². The maximum atomic E-state index is 12.4. The molecule has 0 aromatic carbocycles. The molecule has 0 aromatic heterocycles. The molecule has 0 aromatic rings. The summed E-state index contributed by atoms with van der Waals surface area (Å²) in [6, 6.07) is -0.0458. The van der Waals surface area contributed by atoms with Crippen LogP contribution >= 0.6 is 11.8 Å². The summed E-state index contributed by atoms with van der Waals surface area (Å²) in [5.74, 6) is -1.58. The molecule has 3 rings (SSSR count). The number of fused-ring (bicyclic) bond motifs is 1. The zero-order valence-electron chi connectivity index (χ0n) is 16.4. The van der Waals surface area contributed by atoms with Gasteiger partial charge in [-0.1, -0.05) is 6.92 Å². The molecular weight excluding hydrogens is 382 g/mol. The molecule has 2 saturated heterocycles. The largest absolute Gasteiger partial charge is 0.477 e. The number of nitrogens with two attached hydrogens (primary N) is 1. The number of guanidine groups is 1. The van der Waals surface area contributed by atoms with Crippen LogP contribution in [-0.2, 0) is 9.59 Å². The fourth-order valence-corrected chi connectivity index (χ4v) is 5.86. The van der Waals surface area contributed by atoms with Gasteiger partial charge in [-0.2, -0.15) is 0 Å². The number of carbonyl (C=O) groups is 2. The quantitative estimate of drug-likeness (QED) is 0.215. The van der Waals surface area contributed by atoms with Crippen molar-refractivity contribution in [3.8, 4) is 0 Å². The Labute approximate surface area is 168 Å². The van der Waals surface area contributed by atoms with E-state index in [-0.39, 0.29) is 34.9 Å². The fourth-order valence-electron chi connectivity index (χ4n) is 4.34. The lowest BCUT2D eigenvalue weighted by atomic mass is 9.79. The Morgan fingerprint density at radius 3 is 2.86 bits per heavy atom. The average molecular weight is 412 g/mol. The Balaban J connectivity index is 1.66. The number of carbonyl (C=O) groups excluding carboxylic acids is 1. The van der Waals surface area contributed by atoms with E-state index in [9.17, 15) is 19.8 Å². The third-order valence-electron chi connectivity index (χ3n) is 5.64. The van der Waals surface area contributed by atoms with Crippen molar-refractivity contribution in [2.45, 2.75) is 50.6 Å². The lowest BCUT2D eigenvalue weighted by Crippen LogP contribution is -2.63. The Kier molecular flexibility index (Phi) is 6.21. The number of rotatable bonds is 7. The molecule has 9 nitrogen and oxygen atoms in total. The first-order valence-electron chi connectivity index (χ1n) is 9.68. The first kappa shape index (κ1) is 20.9. The van der Waals surface area contributed by atoms with Crippen molar-refractivity contribution in [2.24, 2.45) is 22.6 Å². The van der Waals surface area contributed by atoms with E-state index in [1.54, 1.807) is 18.7 Å². The number of amides is 1. The summed E-state index contributed by atoms with van der Waals surface area (Å²) >= 11 is 1.54. The van der Waals surface area contributed by atoms with E-state index in [0.717, 1.165) is 17.9 Å². The molecule has 1 amide bonds. The average Bonchev–Trinajstić information content (AvgIpc) is 3.15. The van der Waals surface area contributed by atoms with Crippen LogP contribution in [0.1, 0.15) is 27.2 Å². The van der Waals surface area contributed by atoms with Crippen molar-refractivity contribution in [2.75, 3.05) is 19.6 Å². The van der Waals surface area contributed by atoms with E-state index in [1.807, 2.05) is 13.8 Å². The molecule has 6 atom stereocenters. The first-order chi connectivity index (χ1) is 13.3. The molecular formula is C18H29N5O4S. The molecule has 0 saturated carbocycles. The number of aliphatic hydroxyl groups excluding tert-OH is 1. The van der Waals surface area contributed by atoms with Crippen molar-refractivity contribution < 1.29 is 19.8 Å². The highest BCUT2D eigenvalue weighted by molar-refractivity contribution is 8.03. The van der Waals surface area contributed by atoms with Crippen LogP contribution in [0.5, 0.6) is 0 Å². The second kappa shape index (κ2) is 8.30. The van der Waals surface area contributed by atoms with Crippen molar-refractivity contribution in [3.63, 3.8) is 0 Å². The molecule has 3 aliphatic rings. The summed E-state index contributed by atoms with van der Waals surface area (Å²) in [7, 11) is 0. The second-order valence-electron chi connectivity index (χ2n) is 7.59. The van der Waals surface area contributed by atoms with E-state index < -0.39 is 18.0 Å². The van der Waals surface area contributed by atoms with Gasteiger partial charge in [0.05, 0.1) is 18.1 Å². The highest BCUT2D eigenvalue weighted by atomic mass is 32.2. The van der Waals surface area contributed by atoms with Gasteiger partial charge < -0.3 is 31.5 Å². The molecule has 0 spiro atoms. The summed E-state index contributed by atoms with van der Waals surface area (Å²) in [4.78, 5) is 30.5. The van der Waals surface area contributed by atoms with Crippen LogP contribution in [0.2, 0.25) is 0 Å². The number of thioether (sulfide) groups is 1. The molecule has 0 bridgehead atoms. The molecule has 3 heterocycles. The number of carboxylic acid groups (broad SMARTS) is 1. The third kappa shape index (κ3) is 3.72. The number of hydrogen-bond donors (Lipinski definition) is 5. The lowest BCUT2D eigenvalue weighted by molar-refractivity contribution is -0.163. The Morgan fingerprint density at radius 1 is 1.54 bits per heavy atom. The SMILES string of the molecule is CCN=C(N)NC[C@@H]1C[C@H](SC2=C(C(=O)O)N3C(=O)[C@H]([C@@H](C)O)[C@H]3[C@H]2C)CN1. The van der Waals surface area contributed by atoms with Crippen molar-refractivity contribution >= 4 is 29.6 Å². The summed E-state index contributed by atoms with van der Waals surface area (Å²) in [5, 5.41) is 26.4. The number of nitrogens with zero attached hydrogens (tertiary/aromatic N) is 2. The Bertz CT molecular complexity index is 710. The van der Waals surface area contributed by atoms with Gasteiger partial charge in [0, 0.05) is 41.7 Å². The molecule has 0 radical (unpaired) electrons. The molecule has 6 N–H and O–H groups in total. The van der Waals surface area contributed by atoms with Crippen molar-refractivity contribution in [3.05, 3.63) is 10.6 Å². The molecule has 2 fully saturated rings. The van der Waals surface area contributed by atoms with Gasteiger partial charge in [-0.25, -0.2) is 4.79 Å². The summed E-state index contributed by atoms with van der Waals surface area (Å²) < 4.78 is 0. The Morgan fingerprint density at radius 2 is 2.25 bits per heavy atom. The number of aliphatic hydroxyl groups is 1. The van der Waals surface area contributed by atoms with Gasteiger partial charge in [0.15, 0.2) is 5.96 Å². The minimum absolute atomic E-state index is 0.0882. The predicted octanol–water partition coefficient (Wildman–Crippen LogP) is -0.472. The summed E-state index contributed by atoms with van der Waals surface area (Å²) in [6.07, 6.45) is 0.0768. The monoisotopic (exact) mass is 411 g/mol. The maximum Gasteiger partial charge on any atom is 0.353 e. The van der Waals surface area contributed by atoms with Gasteiger partial charge in [0.25, 0.3) is 0 Å². The van der Waals surface area contributed by atoms with Gasteiger partial charge in [-0.15, -0.1) is 11.8 Å². The summed E-state index contributed by atoms with van der Waals surface area (Å²) in [6.45, 7) is 7.49. The smallest absolute Gasteiger partial charge is 0.353 e. The van der Waals surface area contributed by atoms with Gasteiger partial charge in [0.2, 0.25) is 5.91 Å². The van der Waals surface area contributed by atoms with Gasteiger partial charge in [0.1, 0.15) is 5.70 Å². The Hall–Kier alpha value is -1.78. The van der Waals surface area contributed by atoms with E-state index in [1.165, 1.54) is 4.90 Å². The van der Waals surface area contributed by atoms with E-state index in [2.05, 4.69) is 15.6 Å². The van der Waals surface area contributed by atoms with Crippen LogP contribution in [0.25, 0.3) is 0 Å². The third-order valence-corrected chi connectivity index (χ3v) is 7.16. The highest BCUT2D eigenvalue weighted by Crippen LogP contribution is 2.51. The molecule has 156 valence electrons. The van der Waals surface area contributed by atoms with E-state index in [4.69, 9.17) is 5.73 Å². The number of β-lactam (4-membered cyclic amide) rings is 1. The van der Waals surface area contributed by atoms with E-state index in [0.29, 0.717) is 19.0 Å². The molecule has 0 aliphatic carbocycles. The van der Waals surface area contributed by atoms with Crippen LogP contribution in [0.3, 0.4) is 0 Å². The number of hydrogen-bond acceptors (Lipinski definition) is 6. The number of aliphatic imine (C=N–C) groups is 1. The number of carboxylic acids is 1. The minimum atomic E-state index is -1.08. The molecule has 0 unspecified atom stereocenters. The summed E-state index contributed by atoms with van der Waals surface area (Å²) in [5.41, 5.74) is 5.85. The van der Waals surface area contributed by atoms with Gasteiger partial charge in [-0.05, 0) is 20.3 Å². The van der Waals surface area contributed by atoms with Gasteiger partial charge in [-0.3, -0.25) is 9.79 Å². The number of nitrogens with one attached hydrogen (secondary N) is 2. The van der Waals surface area contributed by atoms with Crippen LogP contribution in [0.4, 0.5) is 0 Å². The lowest BCUT2D eigenvalue weighted by Gasteiger charge is -2.46. The van der Waals surface area contributed by atoms with Crippen LogP contribution in [-0.4, -0.2) is 76.0 Å². The van der Waals surface area contributed by atoms with E-state index >= 15 is 0 Å². The zero-order chi connectivity index (χ0) is 20.6. The normalized spacial score (nSPS) is 33.7. The fraction of sp³-hybridized carbons (Fsp3) is 0.722. The van der Waals surface area contributed by atoms with Gasteiger partial charge >= 0.3 is 5.97 Å². The molecule has 28 heavy (non-hydrogen) atoms. The number of aliphatic carboxylic acids is 1.